The van der Waals surface area contributed by atoms with E-state index in [1.54, 1.807) is 6.20 Å². The molecule has 1 aromatic carbocycles. The largest absolute Gasteiger partial charge is 0.573 e. The highest BCUT2D eigenvalue weighted by Crippen LogP contribution is 2.28. The van der Waals surface area contributed by atoms with Crippen molar-refractivity contribution in [3.8, 4) is 5.75 Å². The molecule has 0 unspecified atom stereocenters. The number of aryl methyl sites for hydroxylation is 1. The molecular formula is C14H14F4N4O2. The molecule has 0 aliphatic rings. The van der Waals surface area contributed by atoms with Gasteiger partial charge in [-0.25, -0.2) is 4.39 Å². The predicted molar refractivity (Wildman–Crippen MR) is 76.4 cm³/mol. The number of nitrogens with one attached hydrogen (secondary N) is 1. The van der Waals surface area contributed by atoms with Crippen molar-refractivity contribution in [1.29, 1.82) is 0 Å². The van der Waals surface area contributed by atoms with E-state index in [-0.39, 0.29) is 25.1 Å². The molecule has 0 aliphatic carbocycles. The Balaban J connectivity index is 2.05. The van der Waals surface area contributed by atoms with Gasteiger partial charge in [-0.3, -0.25) is 9.48 Å². The monoisotopic (exact) mass is 346 g/mol. The number of aromatic nitrogens is 2. The Bertz CT molecular complexity index is 715. The molecule has 0 bridgehead atoms. The first-order valence-corrected chi connectivity index (χ1v) is 6.83. The smallest absolute Gasteiger partial charge is 0.405 e. The van der Waals surface area contributed by atoms with Crippen LogP contribution in [0.3, 0.4) is 0 Å². The summed E-state index contributed by atoms with van der Waals surface area (Å²) in [6, 6.07) is 4.72. The van der Waals surface area contributed by atoms with E-state index in [1.165, 1.54) is 10.7 Å². The molecule has 1 heterocycles. The van der Waals surface area contributed by atoms with Gasteiger partial charge in [0.1, 0.15) is 17.4 Å². The van der Waals surface area contributed by atoms with Crippen molar-refractivity contribution in [2.45, 2.75) is 25.9 Å². The first kappa shape index (κ1) is 17.6. The summed E-state index contributed by atoms with van der Waals surface area (Å²) in [6.07, 6.45) is -3.27. The van der Waals surface area contributed by atoms with Gasteiger partial charge >= 0.3 is 6.36 Å². The average Bonchev–Trinajstić information content (AvgIpc) is 2.91. The Morgan fingerprint density at radius 2 is 2.08 bits per heavy atom. The van der Waals surface area contributed by atoms with Crippen molar-refractivity contribution in [3.63, 3.8) is 0 Å². The second-order valence-corrected chi connectivity index (χ2v) is 4.80. The molecule has 0 radical (unpaired) electrons. The van der Waals surface area contributed by atoms with Crippen LogP contribution in [0, 0.1) is 5.82 Å². The molecular weight excluding hydrogens is 332 g/mol. The third kappa shape index (κ3) is 5.14. The Labute approximate surface area is 134 Å². The SMILES string of the molecule is NC(=O)CCn1ccc(NCc2c(F)cccc2OC(F)(F)F)n1. The standard InChI is InChI=1S/C14H14F4N4O2/c15-10-2-1-3-11(24-14(16,17)18)9(10)8-20-13-5-7-22(21-13)6-4-12(19)23/h1-3,5,7H,4,6,8H2,(H2,19,23)(H,20,21). The number of anilines is 1. The van der Waals surface area contributed by atoms with E-state index in [0.29, 0.717) is 5.82 Å². The maximum Gasteiger partial charge on any atom is 0.573 e. The van der Waals surface area contributed by atoms with Crippen LogP contribution in [0.2, 0.25) is 0 Å². The number of nitrogens with zero attached hydrogens (tertiary/aromatic N) is 2. The normalized spacial score (nSPS) is 11.3. The van der Waals surface area contributed by atoms with Crippen molar-refractivity contribution >= 4 is 11.7 Å². The van der Waals surface area contributed by atoms with Crippen molar-refractivity contribution in [2.24, 2.45) is 5.73 Å². The number of benzene rings is 1. The molecule has 6 nitrogen and oxygen atoms in total. The number of hydrogen-bond acceptors (Lipinski definition) is 4. The van der Waals surface area contributed by atoms with Gasteiger partial charge in [-0.1, -0.05) is 6.07 Å². The van der Waals surface area contributed by atoms with Crippen LogP contribution < -0.4 is 15.8 Å². The number of ether oxygens (including phenoxy) is 1. The van der Waals surface area contributed by atoms with Gasteiger partial charge in [-0.15, -0.1) is 13.2 Å². The second-order valence-electron chi connectivity index (χ2n) is 4.80. The maximum absolute atomic E-state index is 13.8. The van der Waals surface area contributed by atoms with Crippen LogP contribution in [-0.4, -0.2) is 22.1 Å². The Kier molecular flexibility index (Phi) is 5.27. The van der Waals surface area contributed by atoms with E-state index in [9.17, 15) is 22.4 Å². The lowest BCUT2D eigenvalue weighted by molar-refractivity contribution is -0.275. The lowest BCUT2D eigenvalue weighted by Gasteiger charge is -2.14. The summed E-state index contributed by atoms with van der Waals surface area (Å²) in [7, 11) is 0. The first-order chi connectivity index (χ1) is 11.2. The minimum absolute atomic E-state index is 0.0952. The summed E-state index contributed by atoms with van der Waals surface area (Å²) in [6.45, 7) is 0.00403. The third-order valence-electron chi connectivity index (χ3n) is 2.98. The number of hydrogen-bond donors (Lipinski definition) is 2. The summed E-state index contributed by atoms with van der Waals surface area (Å²) >= 11 is 0. The highest BCUT2D eigenvalue weighted by atomic mass is 19.4. The van der Waals surface area contributed by atoms with E-state index in [1.807, 2.05) is 0 Å². The van der Waals surface area contributed by atoms with Crippen LogP contribution in [0.15, 0.2) is 30.5 Å². The van der Waals surface area contributed by atoms with Crippen LogP contribution in [0.5, 0.6) is 5.75 Å². The third-order valence-corrected chi connectivity index (χ3v) is 2.98. The van der Waals surface area contributed by atoms with Crippen molar-refractivity contribution in [3.05, 3.63) is 41.8 Å². The van der Waals surface area contributed by atoms with Gasteiger partial charge in [0.2, 0.25) is 5.91 Å². The van der Waals surface area contributed by atoms with Crippen LogP contribution in [0.25, 0.3) is 0 Å². The molecule has 1 aromatic heterocycles. The van der Waals surface area contributed by atoms with Gasteiger partial charge in [-0.2, -0.15) is 5.10 Å². The van der Waals surface area contributed by atoms with Gasteiger partial charge in [0, 0.05) is 37.3 Å². The van der Waals surface area contributed by atoms with Gasteiger partial charge in [0.25, 0.3) is 0 Å². The second kappa shape index (κ2) is 7.20. The molecule has 24 heavy (non-hydrogen) atoms. The van der Waals surface area contributed by atoms with Gasteiger partial charge in [0.05, 0.1) is 0 Å². The van der Waals surface area contributed by atoms with E-state index in [4.69, 9.17) is 5.73 Å². The Morgan fingerprint density at radius 3 is 2.75 bits per heavy atom. The topological polar surface area (TPSA) is 82.2 Å². The molecule has 0 aliphatic heterocycles. The molecule has 0 atom stereocenters. The molecule has 2 rings (SSSR count). The van der Waals surface area contributed by atoms with Gasteiger partial charge < -0.3 is 15.8 Å². The number of halogens is 4. The molecule has 1 amide bonds. The summed E-state index contributed by atoms with van der Waals surface area (Å²) in [5, 5.41) is 6.74. The van der Waals surface area contributed by atoms with Crippen molar-refractivity contribution < 1.29 is 27.1 Å². The quantitative estimate of drug-likeness (QED) is 0.755. The van der Waals surface area contributed by atoms with Crippen LogP contribution in [-0.2, 0) is 17.9 Å². The zero-order valence-corrected chi connectivity index (χ0v) is 12.3. The molecule has 3 N–H and O–H groups in total. The fourth-order valence-corrected chi connectivity index (χ4v) is 1.91. The molecule has 0 saturated heterocycles. The number of alkyl halides is 3. The molecule has 0 spiro atoms. The lowest BCUT2D eigenvalue weighted by atomic mass is 10.2. The summed E-state index contributed by atoms with van der Waals surface area (Å²) in [5.41, 5.74) is 4.75. The minimum Gasteiger partial charge on any atom is -0.405 e. The highest BCUT2D eigenvalue weighted by molar-refractivity contribution is 5.73. The fourth-order valence-electron chi connectivity index (χ4n) is 1.91. The predicted octanol–water partition coefficient (Wildman–Crippen LogP) is 2.41. The lowest BCUT2D eigenvalue weighted by Crippen LogP contribution is -2.19. The Hall–Kier alpha value is -2.78. The molecule has 130 valence electrons. The first-order valence-electron chi connectivity index (χ1n) is 6.83. The Morgan fingerprint density at radius 1 is 1.33 bits per heavy atom. The molecule has 2 aromatic rings. The van der Waals surface area contributed by atoms with E-state index >= 15 is 0 Å². The van der Waals surface area contributed by atoms with Crippen LogP contribution in [0.4, 0.5) is 23.4 Å². The summed E-state index contributed by atoms with van der Waals surface area (Å²) in [4.78, 5) is 10.7. The molecule has 0 fully saturated rings. The zero-order chi connectivity index (χ0) is 17.7. The zero-order valence-electron chi connectivity index (χ0n) is 12.3. The van der Waals surface area contributed by atoms with E-state index < -0.39 is 23.8 Å². The average molecular weight is 346 g/mol. The number of primary amides is 1. The van der Waals surface area contributed by atoms with Crippen molar-refractivity contribution in [2.75, 3.05) is 5.32 Å². The number of rotatable bonds is 7. The highest BCUT2D eigenvalue weighted by Gasteiger charge is 2.32. The molecule has 0 saturated carbocycles. The van der Waals surface area contributed by atoms with E-state index in [2.05, 4.69) is 15.2 Å². The van der Waals surface area contributed by atoms with Gasteiger partial charge in [0.15, 0.2) is 0 Å². The number of carbonyl (C=O) groups is 1. The molecule has 10 heteroatoms. The van der Waals surface area contributed by atoms with Crippen LogP contribution >= 0.6 is 0 Å². The van der Waals surface area contributed by atoms with Crippen LogP contribution in [0.1, 0.15) is 12.0 Å². The number of carbonyl (C=O) groups excluding carboxylic acids is 1. The minimum atomic E-state index is -4.92. The van der Waals surface area contributed by atoms with Crippen molar-refractivity contribution in [1.82, 2.24) is 9.78 Å². The van der Waals surface area contributed by atoms with Gasteiger partial charge in [-0.05, 0) is 12.1 Å². The summed E-state index contributed by atoms with van der Waals surface area (Å²) in [5.74, 6) is -1.64. The number of nitrogens with two attached hydrogens (primary N) is 1. The van der Waals surface area contributed by atoms with E-state index in [0.717, 1.165) is 18.2 Å². The fraction of sp³-hybridized carbons (Fsp3) is 0.286. The maximum atomic E-state index is 13.8. The summed E-state index contributed by atoms with van der Waals surface area (Å²) < 4.78 is 56.1. The number of amides is 1.